The van der Waals surface area contributed by atoms with Crippen LogP contribution < -0.4 is 4.74 Å². The van der Waals surface area contributed by atoms with Gasteiger partial charge in [0.1, 0.15) is 16.5 Å². The number of esters is 1. The zero-order valence-corrected chi connectivity index (χ0v) is 18.1. The van der Waals surface area contributed by atoms with Gasteiger partial charge < -0.3 is 9.47 Å². The summed E-state index contributed by atoms with van der Waals surface area (Å²) in [4.78, 5) is 24.8. The first-order valence-corrected chi connectivity index (χ1v) is 11.5. The molecule has 10 heteroatoms. The largest absolute Gasteiger partial charge is 0.422 e. The number of nitrogens with zero attached hydrogens (tertiary/aromatic N) is 1. The standard InChI is InChI=1S/C21H19ClFNO6S/c1-12-10-16(25)20-17(5-4-15(23)19(12)20)30-21(26)13-2-3-14(22)18(11-13)31(27,28)24-6-8-29-9-7-24/h2-5,11-12H,6-10H2,1H3/t12-/m0/s1. The first kappa shape index (κ1) is 21.9. The maximum atomic E-state index is 14.2. The summed E-state index contributed by atoms with van der Waals surface area (Å²) in [5, 5.41) is -0.0327. The smallest absolute Gasteiger partial charge is 0.343 e. The number of ether oxygens (including phenoxy) is 2. The maximum absolute atomic E-state index is 14.2. The van der Waals surface area contributed by atoms with Crippen LogP contribution in [0.1, 0.15) is 45.5 Å². The second-order valence-electron chi connectivity index (χ2n) is 7.41. The van der Waals surface area contributed by atoms with Crippen LogP contribution in [0.4, 0.5) is 4.39 Å². The number of hydrogen-bond donors (Lipinski definition) is 0. The van der Waals surface area contributed by atoms with Gasteiger partial charge in [0.15, 0.2) is 5.78 Å². The molecule has 1 heterocycles. The van der Waals surface area contributed by atoms with Crippen molar-refractivity contribution in [2.24, 2.45) is 0 Å². The average Bonchev–Trinajstić information content (AvgIpc) is 3.06. The quantitative estimate of drug-likeness (QED) is 0.505. The first-order chi connectivity index (χ1) is 14.7. The lowest BCUT2D eigenvalue weighted by Crippen LogP contribution is -2.40. The highest BCUT2D eigenvalue weighted by molar-refractivity contribution is 7.89. The summed E-state index contributed by atoms with van der Waals surface area (Å²) in [5.74, 6) is -2.09. The topological polar surface area (TPSA) is 90.0 Å². The third kappa shape index (κ3) is 3.98. The molecule has 1 aliphatic carbocycles. The van der Waals surface area contributed by atoms with Crippen LogP contribution in [0.2, 0.25) is 5.02 Å². The molecule has 164 valence electrons. The van der Waals surface area contributed by atoms with Gasteiger partial charge in [0.2, 0.25) is 10.0 Å². The molecule has 0 aromatic heterocycles. The third-order valence-electron chi connectivity index (χ3n) is 5.37. The fourth-order valence-corrected chi connectivity index (χ4v) is 5.73. The SMILES string of the molecule is C[C@H]1CC(=O)c2c(OC(=O)c3ccc(Cl)c(S(=O)(=O)N4CCOCC4)c3)ccc(F)c21. The van der Waals surface area contributed by atoms with Crippen molar-refractivity contribution in [3.8, 4) is 5.75 Å². The molecule has 0 amide bonds. The Balaban J connectivity index is 1.66. The van der Waals surface area contributed by atoms with Gasteiger partial charge >= 0.3 is 5.97 Å². The number of ketones is 1. The second kappa shape index (κ2) is 8.31. The molecular formula is C21H19ClFNO6S. The minimum absolute atomic E-state index is 0.0327. The number of morpholine rings is 1. The summed E-state index contributed by atoms with van der Waals surface area (Å²) < 4.78 is 51.9. The van der Waals surface area contributed by atoms with E-state index in [1.807, 2.05) is 0 Å². The van der Waals surface area contributed by atoms with E-state index in [9.17, 15) is 22.4 Å². The monoisotopic (exact) mass is 467 g/mol. The Hall–Kier alpha value is -2.33. The number of fused-ring (bicyclic) bond motifs is 1. The van der Waals surface area contributed by atoms with Crippen molar-refractivity contribution >= 4 is 33.4 Å². The van der Waals surface area contributed by atoms with Gasteiger partial charge in [-0.1, -0.05) is 18.5 Å². The number of benzene rings is 2. The van der Waals surface area contributed by atoms with E-state index in [1.165, 1.54) is 22.5 Å². The van der Waals surface area contributed by atoms with Crippen LogP contribution >= 0.6 is 11.6 Å². The van der Waals surface area contributed by atoms with Gasteiger partial charge in [-0.3, -0.25) is 4.79 Å². The van der Waals surface area contributed by atoms with E-state index in [0.29, 0.717) is 0 Å². The van der Waals surface area contributed by atoms with Gasteiger partial charge in [0, 0.05) is 25.1 Å². The van der Waals surface area contributed by atoms with E-state index in [0.717, 1.165) is 12.1 Å². The summed E-state index contributed by atoms with van der Waals surface area (Å²) in [7, 11) is -3.94. The van der Waals surface area contributed by atoms with E-state index in [4.69, 9.17) is 21.1 Å². The van der Waals surface area contributed by atoms with Crippen molar-refractivity contribution in [1.29, 1.82) is 0 Å². The van der Waals surface area contributed by atoms with Crippen molar-refractivity contribution in [2.75, 3.05) is 26.3 Å². The van der Waals surface area contributed by atoms with Crippen molar-refractivity contribution < 1.29 is 31.9 Å². The third-order valence-corrected chi connectivity index (χ3v) is 7.75. The summed E-state index contributed by atoms with van der Waals surface area (Å²) in [6.45, 7) is 2.60. The lowest BCUT2D eigenvalue weighted by atomic mass is 10.0. The van der Waals surface area contributed by atoms with Crippen LogP contribution in [0.25, 0.3) is 0 Å². The molecule has 7 nitrogen and oxygen atoms in total. The molecule has 0 radical (unpaired) electrons. The summed E-state index contributed by atoms with van der Waals surface area (Å²) in [6.07, 6.45) is 0.129. The van der Waals surface area contributed by atoms with Crippen LogP contribution in [0.15, 0.2) is 35.2 Å². The predicted molar refractivity (Wildman–Crippen MR) is 110 cm³/mol. The van der Waals surface area contributed by atoms with E-state index >= 15 is 0 Å². The fourth-order valence-electron chi connectivity index (χ4n) is 3.82. The number of carbonyl (C=O) groups is 2. The number of Topliss-reactive ketones (excluding diaryl/α,β-unsaturated/α-hetero) is 1. The molecule has 0 bridgehead atoms. The van der Waals surface area contributed by atoms with Crippen LogP contribution in [-0.4, -0.2) is 50.8 Å². The Morgan fingerprint density at radius 1 is 1.23 bits per heavy atom. The molecule has 2 aromatic rings. The lowest BCUT2D eigenvalue weighted by Gasteiger charge is -2.26. The molecule has 1 saturated heterocycles. The minimum Gasteiger partial charge on any atom is -0.422 e. The zero-order chi connectivity index (χ0) is 22.3. The average molecular weight is 468 g/mol. The molecule has 2 aliphatic rings. The van der Waals surface area contributed by atoms with Crippen LogP contribution in [0, 0.1) is 5.82 Å². The second-order valence-corrected chi connectivity index (χ2v) is 9.73. The molecule has 1 fully saturated rings. The van der Waals surface area contributed by atoms with Gasteiger partial charge in [0.25, 0.3) is 0 Å². The Morgan fingerprint density at radius 3 is 2.65 bits per heavy atom. The van der Waals surface area contributed by atoms with Gasteiger partial charge in [-0.15, -0.1) is 0 Å². The first-order valence-electron chi connectivity index (χ1n) is 9.65. The molecule has 0 N–H and O–H groups in total. The molecule has 4 rings (SSSR count). The van der Waals surface area contributed by atoms with Gasteiger partial charge in [-0.2, -0.15) is 4.31 Å². The zero-order valence-electron chi connectivity index (χ0n) is 16.6. The highest BCUT2D eigenvalue weighted by Crippen LogP contribution is 2.40. The fraction of sp³-hybridized carbons (Fsp3) is 0.333. The van der Waals surface area contributed by atoms with Crippen molar-refractivity contribution in [3.05, 3.63) is 57.9 Å². The molecular weight excluding hydrogens is 449 g/mol. The maximum Gasteiger partial charge on any atom is 0.343 e. The molecule has 31 heavy (non-hydrogen) atoms. The Kier molecular flexibility index (Phi) is 5.87. The predicted octanol–water partition coefficient (Wildman–Crippen LogP) is 3.41. The molecule has 1 aliphatic heterocycles. The summed E-state index contributed by atoms with van der Waals surface area (Å²) >= 11 is 6.12. The van der Waals surface area contributed by atoms with Gasteiger partial charge in [-0.05, 0) is 36.2 Å². The summed E-state index contributed by atoms with van der Waals surface area (Å²) in [5.41, 5.74) is 0.214. The Bertz CT molecular complexity index is 1180. The van der Waals surface area contributed by atoms with Crippen molar-refractivity contribution in [3.63, 3.8) is 0 Å². The van der Waals surface area contributed by atoms with Gasteiger partial charge in [0.05, 0.1) is 29.4 Å². The number of hydrogen-bond acceptors (Lipinski definition) is 6. The number of sulfonamides is 1. The Morgan fingerprint density at radius 2 is 1.94 bits per heavy atom. The van der Waals surface area contributed by atoms with Gasteiger partial charge in [-0.25, -0.2) is 17.6 Å². The minimum atomic E-state index is -3.94. The van der Waals surface area contributed by atoms with E-state index in [1.54, 1.807) is 6.92 Å². The lowest BCUT2D eigenvalue weighted by molar-refractivity contribution is 0.0726. The van der Waals surface area contributed by atoms with E-state index < -0.39 is 21.8 Å². The van der Waals surface area contributed by atoms with Crippen LogP contribution in [0.5, 0.6) is 5.75 Å². The highest BCUT2D eigenvalue weighted by atomic mass is 35.5. The Labute approximate surface area is 183 Å². The van der Waals surface area contributed by atoms with E-state index in [2.05, 4.69) is 0 Å². The molecule has 2 aromatic carbocycles. The summed E-state index contributed by atoms with van der Waals surface area (Å²) in [6, 6.07) is 6.14. The van der Waals surface area contributed by atoms with Crippen LogP contribution in [0.3, 0.4) is 0 Å². The molecule has 0 unspecified atom stereocenters. The van der Waals surface area contributed by atoms with Crippen molar-refractivity contribution in [1.82, 2.24) is 4.31 Å². The molecule has 0 spiro atoms. The molecule has 1 atom stereocenters. The number of halogens is 2. The molecule has 0 saturated carbocycles. The van der Waals surface area contributed by atoms with Crippen molar-refractivity contribution in [2.45, 2.75) is 24.2 Å². The van der Waals surface area contributed by atoms with E-state index in [-0.39, 0.29) is 76.8 Å². The number of rotatable bonds is 4. The normalized spacial score (nSPS) is 19.3. The van der Waals surface area contributed by atoms with Crippen LogP contribution in [-0.2, 0) is 14.8 Å². The highest BCUT2D eigenvalue weighted by Gasteiger charge is 2.34. The number of carbonyl (C=O) groups excluding carboxylic acids is 2.